The van der Waals surface area contributed by atoms with Crippen molar-refractivity contribution in [2.75, 3.05) is 11.9 Å². The van der Waals surface area contributed by atoms with Crippen LogP contribution >= 0.6 is 0 Å². The molecule has 26 heavy (non-hydrogen) atoms. The largest absolute Gasteiger partial charge is 0.402 e. The first-order chi connectivity index (χ1) is 12.0. The molecule has 0 aromatic heterocycles. The maximum atomic E-state index is 12.1. The molecule has 0 unspecified atom stereocenters. The molecular formula is C17H17F3N2O3S. The van der Waals surface area contributed by atoms with Gasteiger partial charge in [0.25, 0.3) is 0 Å². The maximum Gasteiger partial charge on any atom is 0.402 e. The van der Waals surface area contributed by atoms with Crippen molar-refractivity contribution in [3.8, 4) is 0 Å². The Hall–Kier alpha value is -2.39. The standard InChI is InChI=1S/C17H17F3N2O3S/c1-12-2-4-13(5-3-12)10-16(23)22-14-6-8-15(9-7-14)26(24,25)21-11-17(18,19)20/h2-9,21H,10-11H2,1H3,(H,22,23). The smallest absolute Gasteiger partial charge is 0.326 e. The van der Waals surface area contributed by atoms with Gasteiger partial charge in [0.1, 0.15) is 6.54 Å². The number of amides is 1. The van der Waals surface area contributed by atoms with Crippen molar-refractivity contribution in [3.63, 3.8) is 0 Å². The highest BCUT2D eigenvalue weighted by Crippen LogP contribution is 2.17. The van der Waals surface area contributed by atoms with Crippen LogP contribution < -0.4 is 10.0 Å². The van der Waals surface area contributed by atoms with Crippen LogP contribution in [0.5, 0.6) is 0 Å². The molecule has 0 aliphatic rings. The molecule has 0 atom stereocenters. The first kappa shape index (κ1) is 19.9. The summed E-state index contributed by atoms with van der Waals surface area (Å²) in [6.45, 7) is 0.285. The van der Waals surface area contributed by atoms with E-state index in [1.807, 2.05) is 31.2 Å². The van der Waals surface area contributed by atoms with E-state index in [1.54, 1.807) is 0 Å². The van der Waals surface area contributed by atoms with Crippen LogP contribution in [0.1, 0.15) is 11.1 Å². The lowest BCUT2D eigenvalue weighted by atomic mass is 10.1. The van der Waals surface area contributed by atoms with E-state index < -0.39 is 22.7 Å². The van der Waals surface area contributed by atoms with Crippen LogP contribution in [-0.4, -0.2) is 27.0 Å². The number of nitrogens with one attached hydrogen (secondary N) is 2. The van der Waals surface area contributed by atoms with E-state index in [2.05, 4.69) is 5.32 Å². The normalized spacial score (nSPS) is 12.0. The summed E-state index contributed by atoms with van der Waals surface area (Å²) in [5.41, 5.74) is 2.24. The average molecular weight is 386 g/mol. The summed E-state index contributed by atoms with van der Waals surface area (Å²) in [4.78, 5) is 11.7. The molecule has 0 saturated heterocycles. The number of carbonyl (C=O) groups is 1. The third-order valence-corrected chi connectivity index (χ3v) is 4.81. The number of benzene rings is 2. The second kappa shape index (κ2) is 7.88. The monoisotopic (exact) mass is 386 g/mol. The molecule has 0 aliphatic heterocycles. The van der Waals surface area contributed by atoms with Gasteiger partial charge in [0, 0.05) is 5.69 Å². The van der Waals surface area contributed by atoms with Crippen LogP contribution in [0.25, 0.3) is 0 Å². The van der Waals surface area contributed by atoms with Gasteiger partial charge in [0.2, 0.25) is 15.9 Å². The Balaban J connectivity index is 1.98. The van der Waals surface area contributed by atoms with Crippen molar-refractivity contribution in [3.05, 3.63) is 59.7 Å². The van der Waals surface area contributed by atoms with Gasteiger partial charge in [-0.25, -0.2) is 13.1 Å². The predicted octanol–water partition coefficient (Wildman–Crippen LogP) is 3.02. The van der Waals surface area contributed by atoms with E-state index in [1.165, 1.54) is 16.9 Å². The van der Waals surface area contributed by atoms with Crippen LogP contribution in [0.2, 0.25) is 0 Å². The highest BCUT2D eigenvalue weighted by atomic mass is 32.2. The van der Waals surface area contributed by atoms with Gasteiger partial charge >= 0.3 is 6.18 Å². The molecule has 0 heterocycles. The Kier molecular flexibility index (Phi) is 6.04. The van der Waals surface area contributed by atoms with Crippen LogP contribution in [0, 0.1) is 6.92 Å². The minimum absolute atomic E-state index is 0.146. The van der Waals surface area contributed by atoms with E-state index >= 15 is 0 Å². The number of anilines is 1. The van der Waals surface area contributed by atoms with Crippen molar-refractivity contribution in [2.24, 2.45) is 0 Å². The Morgan fingerprint density at radius 2 is 1.58 bits per heavy atom. The SMILES string of the molecule is Cc1ccc(CC(=O)Nc2ccc(S(=O)(=O)NCC(F)(F)F)cc2)cc1. The van der Waals surface area contributed by atoms with Crippen LogP contribution in [0.3, 0.4) is 0 Å². The molecule has 2 N–H and O–H groups in total. The van der Waals surface area contributed by atoms with Crippen LogP contribution in [-0.2, 0) is 21.2 Å². The number of halogens is 3. The molecule has 0 fully saturated rings. The maximum absolute atomic E-state index is 12.1. The zero-order valence-corrected chi connectivity index (χ0v) is 14.6. The summed E-state index contributed by atoms with van der Waals surface area (Å²) >= 11 is 0. The number of aryl methyl sites for hydroxylation is 1. The summed E-state index contributed by atoms with van der Waals surface area (Å²) in [5, 5.41) is 2.61. The summed E-state index contributed by atoms with van der Waals surface area (Å²) in [6, 6.07) is 12.3. The Morgan fingerprint density at radius 1 is 1.00 bits per heavy atom. The molecule has 1 amide bonds. The van der Waals surface area contributed by atoms with Gasteiger partial charge < -0.3 is 5.32 Å². The number of hydrogen-bond acceptors (Lipinski definition) is 3. The average Bonchev–Trinajstić information content (AvgIpc) is 2.55. The Morgan fingerprint density at radius 3 is 2.12 bits per heavy atom. The second-order valence-electron chi connectivity index (χ2n) is 5.67. The van der Waals surface area contributed by atoms with Crippen LogP contribution in [0.15, 0.2) is 53.4 Å². The van der Waals surface area contributed by atoms with Crippen molar-refractivity contribution in [2.45, 2.75) is 24.4 Å². The highest BCUT2D eigenvalue weighted by molar-refractivity contribution is 7.89. The summed E-state index contributed by atoms with van der Waals surface area (Å²) in [6.07, 6.45) is -4.50. The molecule has 2 rings (SSSR count). The van der Waals surface area contributed by atoms with E-state index in [9.17, 15) is 26.4 Å². The zero-order chi connectivity index (χ0) is 19.4. The van der Waals surface area contributed by atoms with E-state index in [0.29, 0.717) is 5.69 Å². The van der Waals surface area contributed by atoms with Crippen molar-refractivity contribution in [1.82, 2.24) is 4.72 Å². The molecule has 140 valence electrons. The van der Waals surface area contributed by atoms with Gasteiger partial charge in [-0.3, -0.25) is 4.79 Å². The summed E-state index contributed by atoms with van der Waals surface area (Å²) in [5.74, 6) is -0.292. The topological polar surface area (TPSA) is 75.3 Å². The van der Waals surface area contributed by atoms with Crippen molar-refractivity contribution < 1.29 is 26.4 Å². The fourth-order valence-corrected chi connectivity index (χ4v) is 3.09. The molecule has 0 spiro atoms. The minimum Gasteiger partial charge on any atom is -0.326 e. The second-order valence-corrected chi connectivity index (χ2v) is 7.44. The van der Waals surface area contributed by atoms with E-state index in [4.69, 9.17) is 0 Å². The number of sulfonamides is 1. The third-order valence-electron chi connectivity index (χ3n) is 3.40. The molecule has 0 bridgehead atoms. The lowest BCUT2D eigenvalue weighted by Crippen LogP contribution is -2.33. The fraction of sp³-hybridized carbons (Fsp3) is 0.235. The molecule has 9 heteroatoms. The summed E-state index contributed by atoms with van der Waals surface area (Å²) in [7, 11) is -4.27. The molecule has 0 radical (unpaired) electrons. The third kappa shape index (κ3) is 6.16. The van der Waals surface area contributed by atoms with Crippen LogP contribution in [0.4, 0.5) is 18.9 Å². The molecule has 0 saturated carbocycles. The van der Waals surface area contributed by atoms with Gasteiger partial charge in [-0.05, 0) is 36.8 Å². The quantitative estimate of drug-likeness (QED) is 0.801. The van der Waals surface area contributed by atoms with Gasteiger partial charge in [-0.15, -0.1) is 0 Å². The molecule has 5 nitrogen and oxygen atoms in total. The van der Waals surface area contributed by atoms with E-state index in [-0.39, 0.29) is 17.2 Å². The highest BCUT2D eigenvalue weighted by Gasteiger charge is 2.30. The molecule has 2 aromatic rings. The van der Waals surface area contributed by atoms with Gasteiger partial charge in [-0.2, -0.15) is 13.2 Å². The number of hydrogen-bond donors (Lipinski definition) is 2. The minimum atomic E-state index is -4.64. The first-order valence-electron chi connectivity index (χ1n) is 7.57. The predicted molar refractivity (Wildman–Crippen MR) is 91.2 cm³/mol. The number of rotatable bonds is 6. The van der Waals surface area contributed by atoms with Gasteiger partial charge in [0.05, 0.1) is 11.3 Å². The Labute approximate surface area is 149 Å². The summed E-state index contributed by atoms with van der Waals surface area (Å²) < 4.78 is 61.4. The first-order valence-corrected chi connectivity index (χ1v) is 9.05. The Bertz CT molecular complexity index is 862. The zero-order valence-electron chi connectivity index (χ0n) is 13.8. The van der Waals surface area contributed by atoms with Gasteiger partial charge in [0.15, 0.2) is 0 Å². The van der Waals surface area contributed by atoms with Crippen molar-refractivity contribution in [1.29, 1.82) is 0 Å². The molecule has 2 aromatic carbocycles. The van der Waals surface area contributed by atoms with E-state index in [0.717, 1.165) is 23.3 Å². The lowest BCUT2D eigenvalue weighted by Gasteiger charge is -2.10. The van der Waals surface area contributed by atoms with Gasteiger partial charge in [-0.1, -0.05) is 29.8 Å². The van der Waals surface area contributed by atoms with Crippen molar-refractivity contribution >= 4 is 21.6 Å². The number of alkyl halides is 3. The number of carbonyl (C=O) groups excluding carboxylic acids is 1. The molecular weight excluding hydrogens is 369 g/mol. The fourth-order valence-electron chi connectivity index (χ4n) is 2.07. The molecule has 0 aliphatic carbocycles. The lowest BCUT2D eigenvalue weighted by molar-refractivity contribution is -0.121.